The van der Waals surface area contributed by atoms with Crippen molar-refractivity contribution < 1.29 is 23.8 Å². The van der Waals surface area contributed by atoms with Crippen molar-refractivity contribution in [3.63, 3.8) is 0 Å². The van der Waals surface area contributed by atoms with Gasteiger partial charge in [-0.1, -0.05) is 29.8 Å². The third-order valence-corrected chi connectivity index (χ3v) is 5.22. The number of hydrogen-bond acceptors (Lipinski definition) is 6. The zero-order valence-corrected chi connectivity index (χ0v) is 15.7. The van der Waals surface area contributed by atoms with Crippen molar-refractivity contribution in [3.8, 4) is 17.2 Å². The van der Waals surface area contributed by atoms with Gasteiger partial charge in [0.2, 0.25) is 6.79 Å². The number of rotatable bonds is 4. The van der Waals surface area contributed by atoms with Crippen LogP contribution < -0.4 is 14.2 Å². The molecule has 0 bridgehead atoms. The fourth-order valence-corrected chi connectivity index (χ4v) is 3.83. The van der Waals surface area contributed by atoms with E-state index in [0.29, 0.717) is 27.7 Å². The molecule has 1 saturated heterocycles. The average molecular weight is 383 g/mol. The number of amides is 2. The summed E-state index contributed by atoms with van der Waals surface area (Å²) in [5.41, 5.74) is 2.65. The fraction of sp³-hybridized carbons (Fsp3) is 0.200. The topological polar surface area (TPSA) is 65.1 Å². The molecule has 2 aromatic rings. The molecule has 2 aromatic carbocycles. The number of thioether (sulfide) groups is 1. The molecule has 2 aliphatic rings. The van der Waals surface area contributed by atoms with Gasteiger partial charge in [-0.25, -0.2) is 0 Å². The number of benzene rings is 2. The summed E-state index contributed by atoms with van der Waals surface area (Å²) in [5, 5.41) is -0.285. The molecular formula is C20H17NO5S. The second kappa shape index (κ2) is 7.00. The Morgan fingerprint density at radius 1 is 1.19 bits per heavy atom. The van der Waals surface area contributed by atoms with Crippen LogP contribution in [0.4, 0.5) is 4.79 Å². The van der Waals surface area contributed by atoms with E-state index in [4.69, 9.17) is 14.2 Å². The molecule has 0 atom stereocenters. The minimum absolute atomic E-state index is 0.148. The first kappa shape index (κ1) is 17.5. The van der Waals surface area contributed by atoms with Gasteiger partial charge >= 0.3 is 0 Å². The number of nitrogens with zero attached hydrogens (tertiary/aromatic N) is 1. The zero-order chi connectivity index (χ0) is 19.0. The van der Waals surface area contributed by atoms with Gasteiger partial charge in [-0.05, 0) is 36.4 Å². The molecule has 0 saturated carbocycles. The molecule has 4 rings (SSSR count). The van der Waals surface area contributed by atoms with Gasteiger partial charge in [-0.3, -0.25) is 14.5 Å². The molecule has 138 valence electrons. The Bertz CT molecular complexity index is 969. The summed E-state index contributed by atoms with van der Waals surface area (Å²) in [4.78, 5) is 26.7. The monoisotopic (exact) mass is 383 g/mol. The van der Waals surface area contributed by atoms with E-state index in [2.05, 4.69) is 0 Å². The number of hydrogen-bond donors (Lipinski definition) is 0. The lowest BCUT2D eigenvalue weighted by molar-refractivity contribution is -0.123. The Kier molecular flexibility index (Phi) is 4.53. The Hall–Kier alpha value is -2.93. The molecule has 0 spiro atoms. The van der Waals surface area contributed by atoms with Gasteiger partial charge < -0.3 is 14.2 Å². The summed E-state index contributed by atoms with van der Waals surface area (Å²) >= 11 is 0.923. The predicted molar refractivity (Wildman–Crippen MR) is 102 cm³/mol. The molecule has 27 heavy (non-hydrogen) atoms. The summed E-state index contributed by atoms with van der Waals surface area (Å²) < 4.78 is 16.1. The predicted octanol–water partition coefficient (Wildman–Crippen LogP) is 3.97. The molecule has 0 unspecified atom stereocenters. The van der Waals surface area contributed by atoms with Crippen LogP contribution in [-0.2, 0) is 11.3 Å². The van der Waals surface area contributed by atoms with Crippen LogP contribution in [0.1, 0.15) is 16.7 Å². The van der Waals surface area contributed by atoms with Crippen LogP contribution in [0, 0.1) is 6.92 Å². The number of carbonyl (C=O) groups excluding carboxylic acids is 2. The van der Waals surface area contributed by atoms with E-state index in [0.717, 1.165) is 22.9 Å². The molecule has 7 heteroatoms. The van der Waals surface area contributed by atoms with E-state index in [1.807, 2.05) is 31.2 Å². The quantitative estimate of drug-likeness (QED) is 0.745. The third kappa shape index (κ3) is 3.38. The molecule has 6 nitrogen and oxygen atoms in total. The van der Waals surface area contributed by atoms with Crippen molar-refractivity contribution in [2.24, 2.45) is 0 Å². The SMILES string of the molecule is COc1cc2c(cc1/C=C1/SC(=O)N(Cc3cccc(C)c3)C1=O)OCO2. The third-order valence-electron chi connectivity index (χ3n) is 4.31. The second-order valence-electron chi connectivity index (χ2n) is 6.20. The highest BCUT2D eigenvalue weighted by Gasteiger charge is 2.35. The highest BCUT2D eigenvalue weighted by molar-refractivity contribution is 8.18. The molecule has 2 amide bonds. The summed E-state index contributed by atoms with van der Waals surface area (Å²) in [6.45, 7) is 2.38. The van der Waals surface area contributed by atoms with Crippen LogP contribution in [0.3, 0.4) is 0 Å². The molecule has 0 radical (unpaired) electrons. The lowest BCUT2D eigenvalue weighted by atomic mass is 10.1. The van der Waals surface area contributed by atoms with Crippen molar-refractivity contribution in [3.05, 3.63) is 58.0 Å². The molecule has 2 heterocycles. The van der Waals surface area contributed by atoms with E-state index >= 15 is 0 Å². The van der Waals surface area contributed by atoms with Crippen LogP contribution in [0.25, 0.3) is 6.08 Å². The van der Waals surface area contributed by atoms with Crippen molar-refractivity contribution >= 4 is 29.0 Å². The van der Waals surface area contributed by atoms with Crippen LogP contribution in [-0.4, -0.2) is 29.9 Å². The van der Waals surface area contributed by atoms with Crippen LogP contribution in [0.2, 0.25) is 0 Å². The van der Waals surface area contributed by atoms with Crippen molar-refractivity contribution in [2.45, 2.75) is 13.5 Å². The van der Waals surface area contributed by atoms with Gasteiger partial charge in [0.25, 0.3) is 11.1 Å². The van der Waals surface area contributed by atoms with Crippen molar-refractivity contribution in [2.75, 3.05) is 13.9 Å². The summed E-state index contributed by atoms with van der Waals surface area (Å²) in [6, 6.07) is 11.2. The van der Waals surface area contributed by atoms with E-state index in [1.54, 1.807) is 25.3 Å². The lowest BCUT2D eigenvalue weighted by Gasteiger charge is -2.12. The van der Waals surface area contributed by atoms with E-state index in [1.165, 1.54) is 4.90 Å². The van der Waals surface area contributed by atoms with Crippen LogP contribution >= 0.6 is 11.8 Å². The Morgan fingerprint density at radius 3 is 2.70 bits per heavy atom. The standard InChI is InChI=1S/C20H17NO5S/c1-12-4-3-5-13(6-12)10-21-19(22)18(27-20(21)23)8-14-7-16-17(26-11-25-16)9-15(14)24-2/h3-9H,10-11H2,1-2H3/b18-8+. The Balaban J connectivity index is 1.62. The minimum Gasteiger partial charge on any atom is -0.496 e. The van der Waals surface area contributed by atoms with Crippen LogP contribution in [0.5, 0.6) is 17.2 Å². The highest BCUT2D eigenvalue weighted by Crippen LogP contribution is 2.41. The first-order chi connectivity index (χ1) is 13.0. The first-order valence-electron chi connectivity index (χ1n) is 8.33. The van der Waals surface area contributed by atoms with Gasteiger partial charge in [0.05, 0.1) is 18.6 Å². The molecule has 0 N–H and O–H groups in total. The number of ether oxygens (including phenoxy) is 3. The Labute approximate surface area is 160 Å². The molecule has 1 fully saturated rings. The van der Waals surface area contributed by atoms with Gasteiger partial charge in [0, 0.05) is 11.6 Å². The van der Waals surface area contributed by atoms with E-state index < -0.39 is 0 Å². The summed E-state index contributed by atoms with van der Waals surface area (Å²) in [6.07, 6.45) is 1.65. The maximum Gasteiger partial charge on any atom is 0.293 e. The van der Waals surface area contributed by atoms with E-state index in [-0.39, 0.29) is 24.5 Å². The number of methoxy groups -OCH3 is 1. The summed E-state index contributed by atoms with van der Waals surface area (Å²) in [5.74, 6) is 1.41. The van der Waals surface area contributed by atoms with Crippen LogP contribution in [0.15, 0.2) is 41.3 Å². The van der Waals surface area contributed by atoms with E-state index in [9.17, 15) is 9.59 Å². The van der Waals surface area contributed by atoms with Gasteiger partial charge in [0.15, 0.2) is 11.5 Å². The van der Waals surface area contributed by atoms with Gasteiger partial charge in [0.1, 0.15) is 5.75 Å². The minimum atomic E-state index is -0.314. The fourth-order valence-electron chi connectivity index (χ4n) is 3.00. The molecule has 0 aromatic heterocycles. The first-order valence-corrected chi connectivity index (χ1v) is 9.15. The maximum atomic E-state index is 12.8. The second-order valence-corrected chi connectivity index (χ2v) is 7.20. The van der Waals surface area contributed by atoms with Crippen molar-refractivity contribution in [1.82, 2.24) is 4.90 Å². The summed E-state index contributed by atoms with van der Waals surface area (Å²) in [7, 11) is 1.54. The average Bonchev–Trinajstić information content (AvgIpc) is 3.20. The number of fused-ring (bicyclic) bond motifs is 1. The van der Waals surface area contributed by atoms with Crippen molar-refractivity contribution in [1.29, 1.82) is 0 Å². The largest absolute Gasteiger partial charge is 0.496 e. The number of carbonyl (C=O) groups is 2. The maximum absolute atomic E-state index is 12.8. The normalized spacial score (nSPS) is 17.1. The molecular weight excluding hydrogens is 366 g/mol. The molecule has 0 aliphatic carbocycles. The number of imide groups is 1. The highest BCUT2D eigenvalue weighted by atomic mass is 32.2. The lowest BCUT2D eigenvalue weighted by Crippen LogP contribution is -2.27. The Morgan fingerprint density at radius 2 is 1.96 bits per heavy atom. The molecule has 2 aliphatic heterocycles. The van der Waals surface area contributed by atoms with Gasteiger partial charge in [-0.2, -0.15) is 0 Å². The number of aryl methyl sites for hydroxylation is 1. The van der Waals surface area contributed by atoms with Gasteiger partial charge in [-0.15, -0.1) is 0 Å². The zero-order valence-electron chi connectivity index (χ0n) is 14.9. The smallest absolute Gasteiger partial charge is 0.293 e.